The van der Waals surface area contributed by atoms with Crippen LogP contribution in [0.5, 0.6) is 0 Å². The molecule has 7 rings (SSSR count). The van der Waals surface area contributed by atoms with Crippen molar-refractivity contribution in [1.29, 1.82) is 0 Å². The lowest BCUT2D eigenvalue weighted by molar-refractivity contribution is -0.173. The van der Waals surface area contributed by atoms with Gasteiger partial charge in [-0.15, -0.1) is 0 Å². The summed E-state index contributed by atoms with van der Waals surface area (Å²) in [7, 11) is 0. The number of carbonyl (C=O) groups excluding carboxylic acids is 1. The number of carbonyl (C=O) groups is 1. The lowest BCUT2D eigenvalue weighted by atomic mass is 9.64. The molecule has 4 aliphatic rings. The molecule has 2 saturated carbocycles. The predicted octanol–water partition coefficient (Wildman–Crippen LogP) is 7.18. The highest BCUT2D eigenvalue weighted by atomic mass is 35.5. The van der Waals surface area contributed by atoms with E-state index in [0.717, 1.165) is 61.0 Å². The van der Waals surface area contributed by atoms with Crippen LogP contribution in [0.25, 0.3) is 17.3 Å². The van der Waals surface area contributed by atoms with E-state index >= 15 is 0 Å². The summed E-state index contributed by atoms with van der Waals surface area (Å²) in [6, 6.07) is 8.22. The zero-order valence-corrected chi connectivity index (χ0v) is 23.1. The Kier molecular flexibility index (Phi) is 6.21. The molecule has 0 radical (unpaired) electrons. The van der Waals surface area contributed by atoms with Crippen LogP contribution in [0.4, 0.5) is 0 Å². The van der Waals surface area contributed by atoms with Crippen molar-refractivity contribution in [1.82, 2.24) is 10.1 Å². The molecular formula is C30H31Cl2N3O3. The molecule has 6 nitrogen and oxygen atoms in total. The Morgan fingerprint density at radius 3 is 2.29 bits per heavy atom. The van der Waals surface area contributed by atoms with Crippen molar-refractivity contribution >= 4 is 35.2 Å². The van der Waals surface area contributed by atoms with Gasteiger partial charge in [0.1, 0.15) is 11.5 Å². The number of pyridine rings is 1. The van der Waals surface area contributed by atoms with Crippen LogP contribution < -0.4 is 5.73 Å². The molecule has 0 unspecified atom stereocenters. The van der Waals surface area contributed by atoms with Crippen LogP contribution in [0.15, 0.2) is 47.3 Å². The van der Waals surface area contributed by atoms with E-state index in [1.807, 2.05) is 26.0 Å². The summed E-state index contributed by atoms with van der Waals surface area (Å²) >= 11 is 13.0. The summed E-state index contributed by atoms with van der Waals surface area (Å²) in [6.45, 7) is 4.36. The van der Waals surface area contributed by atoms with E-state index in [1.165, 1.54) is 0 Å². The van der Waals surface area contributed by atoms with Crippen LogP contribution in [0, 0.1) is 5.41 Å². The fourth-order valence-electron chi connectivity index (χ4n) is 5.83. The Morgan fingerprint density at radius 1 is 1.08 bits per heavy atom. The average Bonchev–Trinajstić information content (AvgIpc) is 3.68. The lowest BCUT2D eigenvalue weighted by Gasteiger charge is -2.52. The van der Waals surface area contributed by atoms with Crippen molar-refractivity contribution in [2.24, 2.45) is 11.1 Å². The van der Waals surface area contributed by atoms with Gasteiger partial charge in [-0.2, -0.15) is 0 Å². The molecule has 1 aromatic carbocycles. The van der Waals surface area contributed by atoms with Gasteiger partial charge >= 0.3 is 0 Å². The summed E-state index contributed by atoms with van der Waals surface area (Å²) in [5, 5.41) is 5.30. The minimum absolute atomic E-state index is 0.0448. The summed E-state index contributed by atoms with van der Waals surface area (Å²) < 4.78 is 12.4. The smallest absolute Gasteiger partial charge is 0.227 e. The molecule has 0 atom stereocenters. The van der Waals surface area contributed by atoms with Crippen LogP contribution in [-0.2, 0) is 20.5 Å². The van der Waals surface area contributed by atoms with E-state index in [-0.39, 0.29) is 16.9 Å². The van der Waals surface area contributed by atoms with Crippen molar-refractivity contribution in [3.05, 3.63) is 75.2 Å². The molecule has 4 heterocycles. The molecule has 4 fully saturated rings. The predicted molar refractivity (Wildman–Crippen MR) is 148 cm³/mol. The van der Waals surface area contributed by atoms with Crippen LogP contribution in [0.1, 0.15) is 80.7 Å². The number of nitrogens with zero attached hydrogens (tertiary/aromatic N) is 2. The van der Waals surface area contributed by atoms with E-state index in [2.05, 4.69) is 34.4 Å². The highest BCUT2D eigenvalue weighted by molar-refractivity contribution is 6.39. The second kappa shape index (κ2) is 9.22. The minimum Gasteiger partial charge on any atom is -0.369 e. The molecule has 198 valence electrons. The zero-order chi connectivity index (χ0) is 26.7. The molecule has 2 aromatic heterocycles. The van der Waals surface area contributed by atoms with Gasteiger partial charge < -0.3 is 15.0 Å². The first-order valence-corrected chi connectivity index (χ1v) is 13.9. The van der Waals surface area contributed by atoms with Gasteiger partial charge in [0, 0.05) is 34.9 Å². The number of rotatable bonds is 7. The SMILES string of the molecule is CC(C)(C(N)=O)c1ccc(C23CCC(/C=C/c4c(-c5c(Cl)cncc5Cl)noc4C4CC4)(CC2)CO3)cc1. The van der Waals surface area contributed by atoms with Gasteiger partial charge in [0.25, 0.3) is 0 Å². The molecule has 2 bridgehead atoms. The number of ether oxygens (including phenoxy) is 1. The summed E-state index contributed by atoms with van der Waals surface area (Å²) in [4.78, 5) is 16.0. The van der Waals surface area contributed by atoms with Gasteiger partial charge in [0.15, 0.2) is 0 Å². The molecule has 2 saturated heterocycles. The maximum atomic E-state index is 11.9. The van der Waals surface area contributed by atoms with Crippen LogP contribution in [0.3, 0.4) is 0 Å². The number of hydrogen-bond donors (Lipinski definition) is 1. The fraction of sp³-hybridized carbons (Fsp3) is 0.433. The maximum Gasteiger partial charge on any atom is 0.227 e. The van der Waals surface area contributed by atoms with Crippen LogP contribution in [-0.4, -0.2) is 22.7 Å². The molecule has 2 N–H and O–H groups in total. The fourth-order valence-corrected chi connectivity index (χ4v) is 6.37. The van der Waals surface area contributed by atoms with Crippen molar-refractivity contribution in [3.8, 4) is 11.3 Å². The van der Waals surface area contributed by atoms with Gasteiger partial charge in [0.05, 0.1) is 27.7 Å². The molecule has 38 heavy (non-hydrogen) atoms. The molecule has 2 aliphatic carbocycles. The number of aromatic nitrogens is 2. The first-order chi connectivity index (χ1) is 18.1. The molecule has 2 aliphatic heterocycles. The van der Waals surface area contributed by atoms with Gasteiger partial charge in [-0.05, 0) is 63.5 Å². The van der Waals surface area contributed by atoms with Gasteiger partial charge in [-0.1, -0.05) is 64.8 Å². The first-order valence-electron chi connectivity index (χ1n) is 13.2. The third-order valence-corrected chi connectivity index (χ3v) is 9.41. The number of primary amides is 1. The third-order valence-electron chi connectivity index (χ3n) is 8.84. The molecule has 0 spiro atoms. The molecule has 8 heteroatoms. The normalized spacial score (nSPS) is 25.3. The standard InChI is InChI=1S/C30H31Cl2N3O3/c1-28(2,27(33)36)19-5-7-20(8-6-19)30-13-11-29(12-14-30,17-37-30)10-9-21-25(35-38-26(21)18-3-4-18)24-22(31)15-34-16-23(24)32/h5-10,15-16,18H,3-4,11-14,17H2,1-2H3,(H2,33,36)/b10-9+. The van der Waals surface area contributed by atoms with Crippen molar-refractivity contribution < 1.29 is 14.1 Å². The molecular weight excluding hydrogens is 521 g/mol. The van der Waals surface area contributed by atoms with Gasteiger partial charge in [-0.3, -0.25) is 9.78 Å². The topological polar surface area (TPSA) is 91.2 Å². The number of halogens is 2. The Hall–Kier alpha value is -2.67. The second-order valence-electron chi connectivity index (χ2n) is 11.6. The van der Waals surface area contributed by atoms with Crippen molar-refractivity contribution in [2.45, 2.75) is 69.3 Å². The number of amides is 1. The number of nitrogens with two attached hydrogens (primary N) is 1. The van der Waals surface area contributed by atoms with Gasteiger partial charge in [-0.25, -0.2) is 0 Å². The summed E-state index contributed by atoms with van der Waals surface area (Å²) in [5.41, 5.74) is 8.92. The highest BCUT2D eigenvalue weighted by Gasteiger charge is 2.49. The summed E-state index contributed by atoms with van der Waals surface area (Å²) in [6.07, 6.45) is 13.7. The maximum absolute atomic E-state index is 11.9. The van der Waals surface area contributed by atoms with Crippen LogP contribution >= 0.6 is 23.2 Å². The average molecular weight is 553 g/mol. The number of benzene rings is 1. The Labute approximate surface area is 232 Å². The minimum atomic E-state index is -0.707. The largest absolute Gasteiger partial charge is 0.369 e. The van der Waals surface area contributed by atoms with E-state index < -0.39 is 5.41 Å². The lowest BCUT2D eigenvalue weighted by Crippen LogP contribution is -2.48. The number of fused-ring (bicyclic) bond motifs is 3. The van der Waals surface area contributed by atoms with Crippen molar-refractivity contribution in [3.63, 3.8) is 0 Å². The van der Waals surface area contributed by atoms with E-state index in [0.29, 0.717) is 33.8 Å². The first kappa shape index (κ1) is 25.6. The summed E-state index contributed by atoms with van der Waals surface area (Å²) in [5.74, 6) is 0.954. The van der Waals surface area contributed by atoms with Crippen LogP contribution in [0.2, 0.25) is 10.0 Å². The van der Waals surface area contributed by atoms with E-state index in [1.54, 1.807) is 12.4 Å². The Bertz CT molecular complexity index is 1380. The van der Waals surface area contributed by atoms with E-state index in [4.69, 9.17) is 38.2 Å². The quantitative estimate of drug-likeness (QED) is 0.335. The van der Waals surface area contributed by atoms with Gasteiger partial charge in [0.2, 0.25) is 5.91 Å². The monoisotopic (exact) mass is 551 g/mol. The Balaban J connectivity index is 1.25. The molecule has 1 amide bonds. The third kappa shape index (κ3) is 4.27. The van der Waals surface area contributed by atoms with E-state index in [9.17, 15) is 4.79 Å². The zero-order valence-electron chi connectivity index (χ0n) is 21.6. The number of hydrogen-bond acceptors (Lipinski definition) is 5. The Morgan fingerprint density at radius 2 is 1.74 bits per heavy atom. The highest BCUT2D eigenvalue weighted by Crippen LogP contribution is 2.55. The second-order valence-corrected chi connectivity index (χ2v) is 12.4. The van der Waals surface area contributed by atoms with Crippen molar-refractivity contribution in [2.75, 3.05) is 6.61 Å². The molecule has 3 aromatic rings.